The van der Waals surface area contributed by atoms with Gasteiger partial charge in [-0.05, 0) is 48.9 Å². The first-order valence-electron chi connectivity index (χ1n) is 8.50. The van der Waals surface area contributed by atoms with Crippen LogP contribution in [0.15, 0.2) is 42.5 Å². The van der Waals surface area contributed by atoms with E-state index in [-0.39, 0.29) is 5.91 Å². The highest BCUT2D eigenvalue weighted by Gasteiger charge is 2.20. The van der Waals surface area contributed by atoms with Gasteiger partial charge in [-0.1, -0.05) is 18.5 Å². The fraction of sp³-hybridized carbons (Fsp3) is 0.316. The summed E-state index contributed by atoms with van der Waals surface area (Å²) in [6.45, 7) is 1.82. The maximum Gasteiger partial charge on any atom is 0.265 e. The van der Waals surface area contributed by atoms with Crippen LogP contribution in [-0.2, 0) is 14.8 Å². The molecule has 0 aliphatic heterocycles. The predicted molar refractivity (Wildman–Crippen MR) is 111 cm³/mol. The second kappa shape index (κ2) is 9.16. The molecule has 0 bridgehead atoms. The van der Waals surface area contributed by atoms with E-state index in [1.54, 1.807) is 42.5 Å². The number of methoxy groups -OCH3 is 1. The second-order valence-corrected chi connectivity index (χ2v) is 8.52. The number of ether oxygens (including phenoxy) is 2. The van der Waals surface area contributed by atoms with Crippen molar-refractivity contribution in [3.05, 3.63) is 47.5 Å². The molecule has 152 valence electrons. The molecule has 0 unspecified atom stereocenters. The molecule has 0 saturated heterocycles. The highest BCUT2D eigenvalue weighted by Crippen LogP contribution is 2.28. The highest BCUT2D eigenvalue weighted by atomic mass is 35.5. The molecular formula is C19H23ClN2O5S. The van der Waals surface area contributed by atoms with Crippen molar-refractivity contribution in [2.75, 3.05) is 30.0 Å². The zero-order chi connectivity index (χ0) is 20.9. The van der Waals surface area contributed by atoms with E-state index < -0.39 is 16.1 Å². The topological polar surface area (TPSA) is 84.9 Å². The molecule has 2 aromatic rings. The number of nitrogens with one attached hydrogen (secondary N) is 1. The zero-order valence-corrected chi connectivity index (χ0v) is 17.7. The summed E-state index contributed by atoms with van der Waals surface area (Å²) in [5, 5.41) is 3.23. The van der Waals surface area contributed by atoms with E-state index in [9.17, 15) is 13.2 Å². The lowest BCUT2D eigenvalue weighted by Gasteiger charge is -2.20. The third-order valence-corrected chi connectivity index (χ3v) is 5.50. The third kappa shape index (κ3) is 5.53. The van der Waals surface area contributed by atoms with Gasteiger partial charge < -0.3 is 14.8 Å². The van der Waals surface area contributed by atoms with Crippen molar-refractivity contribution in [1.29, 1.82) is 0 Å². The van der Waals surface area contributed by atoms with Crippen LogP contribution in [0, 0.1) is 0 Å². The molecule has 0 heterocycles. The summed E-state index contributed by atoms with van der Waals surface area (Å²) in [5.41, 5.74) is 0.947. The van der Waals surface area contributed by atoms with Gasteiger partial charge in [0.05, 0.1) is 24.7 Å². The van der Waals surface area contributed by atoms with Gasteiger partial charge in [0.15, 0.2) is 6.10 Å². The van der Waals surface area contributed by atoms with Gasteiger partial charge in [0.1, 0.15) is 11.5 Å². The number of rotatable bonds is 8. The minimum atomic E-state index is -3.35. The number of hydrogen-bond acceptors (Lipinski definition) is 5. The van der Waals surface area contributed by atoms with Crippen molar-refractivity contribution in [1.82, 2.24) is 0 Å². The zero-order valence-electron chi connectivity index (χ0n) is 16.1. The third-order valence-electron chi connectivity index (χ3n) is 4.06. The summed E-state index contributed by atoms with van der Waals surface area (Å²) in [6, 6.07) is 11.4. The van der Waals surface area contributed by atoms with E-state index in [1.165, 1.54) is 14.2 Å². The second-order valence-electron chi connectivity index (χ2n) is 6.07. The van der Waals surface area contributed by atoms with Gasteiger partial charge in [-0.2, -0.15) is 0 Å². The number of nitrogens with zero attached hydrogens (tertiary/aromatic N) is 1. The minimum absolute atomic E-state index is 0.347. The Labute approximate surface area is 170 Å². The van der Waals surface area contributed by atoms with Gasteiger partial charge >= 0.3 is 0 Å². The molecule has 2 aromatic carbocycles. The Bertz CT molecular complexity index is 932. The number of anilines is 2. The number of carbonyl (C=O) groups is 1. The van der Waals surface area contributed by atoms with E-state index in [1.807, 2.05) is 6.92 Å². The number of sulfonamides is 1. The minimum Gasteiger partial charge on any atom is -0.495 e. The first-order chi connectivity index (χ1) is 13.2. The first kappa shape index (κ1) is 21.8. The molecule has 0 aliphatic carbocycles. The monoisotopic (exact) mass is 426 g/mol. The molecule has 0 spiro atoms. The summed E-state index contributed by atoms with van der Waals surface area (Å²) >= 11 is 5.99. The molecule has 0 saturated carbocycles. The summed E-state index contributed by atoms with van der Waals surface area (Å²) in [6.07, 6.45) is 0.806. The fourth-order valence-electron chi connectivity index (χ4n) is 2.40. The lowest BCUT2D eigenvalue weighted by molar-refractivity contribution is -0.122. The number of halogens is 1. The molecular weight excluding hydrogens is 404 g/mol. The Hall–Kier alpha value is -2.45. The van der Waals surface area contributed by atoms with Gasteiger partial charge in [-0.3, -0.25) is 9.10 Å². The maximum atomic E-state index is 12.6. The number of carbonyl (C=O) groups excluding carboxylic acids is 1. The van der Waals surface area contributed by atoms with Crippen molar-refractivity contribution in [2.45, 2.75) is 19.4 Å². The molecule has 7 nitrogen and oxygen atoms in total. The highest BCUT2D eigenvalue weighted by molar-refractivity contribution is 7.92. The lowest BCUT2D eigenvalue weighted by atomic mass is 10.2. The quantitative estimate of drug-likeness (QED) is 0.697. The van der Waals surface area contributed by atoms with Crippen LogP contribution in [0.1, 0.15) is 13.3 Å². The summed E-state index contributed by atoms with van der Waals surface area (Å²) in [4.78, 5) is 12.6. The molecule has 28 heavy (non-hydrogen) atoms. The molecule has 1 atom stereocenters. The van der Waals surface area contributed by atoms with Crippen LogP contribution in [0.4, 0.5) is 11.4 Å². The van der Waals surface area contributed by atoms with Gasteiger partial charge in [0.25, 0.3) is 5.91 Å². The average Bonchev–Trinajstić information content (AvgIpc) is 2.65. The van der Waals surface area contributed by atoms with Gasteiger partial charge in [-0.25, -0.2) is 8.42 Å². The largest absolute Gasteiger partial charge is 0.495 e. The van der Waals surface area contributed by atoms with Crippen LogP contribution in [-0.4, -0.2) is 40.8 Å². The summed E-state index contributed by atoms with van der Waals surface area (Å²) in [7, 11) is -0.383. The molecule has 2 rings (SSSR count). The molecule has 1 amide bonds. The number of hydrogen-bond donors (Lipinski definition) is 1. The van der Waals surface area contributed by atoms with Crippen molar-refractivity contribution >= 4 is 38.9 Å². The molecule has 1 N–H and O–H groups in total. The molecule has 9 heteroatoms. The van der Waals surface area contributed by atoms with Crippen LogP contribution in [0.5, 0.6) is 11.5 Å². The van der Waals surface area contributed by atoms with E-state index in [0.717, 1.165) is 10.6 Å². The maximum absolute atomic E-state index is 12.6. The smallest absolute Gasteiger partial charge is 0.265 e. The predicted octanol–water partition coefficient (Wildman–Crippen LogP) is 3.54. The van der Waals surface area contributed by atoms with Crippen LogP contribution >= 0.6 is 11.6 Å². The standard InChI is InChI=1S/C19H23ClN2O5S/c1-5-17(19(23)21-16-12-13(20)6-11-18(16)26-3)27-15-9-7-14(8-10-15)22(2)28(4,24)25/h6-12,17H,5H2,1-4H3,(H,21,23)/t17-/m0/s1. The normalized spacial score (nSPS) is 12.2. The lowest BCUT2D eigenvalue weighted by Crippen LogP contribution is -2.32. The average molecular weight is 427 g/mol. The van der Waals surface area contributed by atoms with Gasteiger partial charge in [0.2, 0.25) is 10.0 Å². The van der Waals surface area contributed by atoms with E-state index >= 15 is 0 Å². The molecule has 0 aromatic heterocycles. The Morgan fingerprint density at radius 2 is 1.86 bits per heavy atom. The van der Waals surface area contributed by atoms with E-state index in [0.29, 0.717) is 34.3 Å². The van der Waals surface area contributed by atoms with E-state index in [4.69, 9.17) is 21.1 Å². The SMILES string of the molecule is CC[C@H](Oc1ccc(N(C)S(C)(=O)=O)cc1)C(=O)Nc1cc(Cl)ccc1OC. The molecule has 0 radical (unpaired) electrons. The Morgan fingerprint density at radius 3 is 2.39 bits per heavy atom. The molecule has 0 fully saturated rings. The fourth-order valence-corrected chi connectivity index (χ4v) is 3.08. The van der Waals surface area contributed by atoms with Crippen LogP contribution in [0.2, 0.25) is 5.02 Å². The van der Waals surface area contributed by atoms with Gasteiger partial charge in [0, 0.05) is 12.1 Å². The number of benzene rings is 2. The molecule has 0 aliphatic rings. The van der Waals surface area contributed by atoms with Crippen molar-refractivity contribution in [3.8, 4) is 11.5 Å². The van der Waals surface area contributed by atoms with Crippen LogP contribution < -0.4 is 19.1 Å². The summed E-state index contributed by atoms with van der Waals surface area (Å²) < 4.78 is 35.4. The van der Waals surface area contributed by atoms with Gasteiger partial charge in [-0.15, -0.1) is 0 Å². The summed E-state index contributed by atoms with van der Waals surface area (Å²) in [5.74, 6) is 0.590. The first-order valence-corrected chi connectivity index (χ1v) is 10.7. The number of amides is 1. The van der Waals surface area contributed by atoms with Crippen LogP contribution in [0.3, 0.4) is 0 Å². The Morgan fingerprint density at radius 1 is 1.21 bits per heavy atom. The van der Waals surface area contributed by atoms with Crippen LogP contribution in [0.25, 0.3) is 0 Å². The Kier molecular flexibility index (Phi) is 7.15. The Balaban J connectivity index is 2.11. The van der Waals surface area contributed by atoms with Crippen molar-refractivity contribution < 1.29 is 22.7 Å². The van der Waals surface area contributed by atoms with Crippen molar-refractivity contribution in [3.63, 3.8) is 0 Å². The van der Waals surface area contributed by atoms with Crippen molar-refractivity contribution in [2.24, 2.45) is 0 Å². The van der Waals surface area contributed by atoms with E-state index in [2.05, 4.69) is 5.32 Å².